The molecule has 0 aromatic rings. The fourth-order valence-corrected chi connectivity index (χ4v) is 0.174. The quantitative estimate of drug-likeness (QED) is 0.156. The molecule has 0 aliphatic heterocycles. The number of rotatable bonds is 2. The highest BCUT2D eigenvalue weighted by Gasteiger charge is 2.01. The molecule has 0 fully saturated rings. The molecule has 0 spiro atoms. The molecule has 0 aliphatic carbocycles. The van der Waals surface area contributed by atoms with Gasteiger partial charge in [-0.3, -0.25) is 9.63 Å². The van der Waals surface area contributed by atoms with Crippen LogP contribution in [0.2, 0.25) is 0 Å². The van der Waals surface area contributed by atoms with Gasteiger partial charge in [0.25, 0.3) is 5.91 Å². The van der Waals surface area contributed by atoms with Crippen molar-refractivity contribution in [1.29, 1.82) is 0 Å². The first-order chi connectivity index (χ1) is 4.54. The maximum absolute atomic E-state index is 10.1. The summed E-state index contributed by atoms with van der Waals surface area (Å²) >= 11 is 3.44. The van der Waals surface area contributed by atoms with E-state index >= 15 is 0 Å². The van der Waals surface area contributed by atoms with Crippen LogP contribution in [0.5, 0.6) is 0 Å². The number of hydrogen-bond donors (Lipinski definition) is 3. The fourth-order valence-electron chi connectivity index (χ4n) is 0.133. The molecule has 4 N–H and O–H groups in total. The molecule has 6 nitrogen and oxygen atoms in total. The Bertz CT molecular complexity index is 189. The van der Waals surface area contributed by atoms with Gasteiger partial charge in [0, 0.05) is 0 Å². The van der Waals surface area contributed by atoms with Crippen LogP contribution in [0, 0.1) is 0 Å². The van der Waals surface area contributed by atoms with Gasteiger partial charge in [-0.1, -0.05) is 5.16 Å². The van der Waals surface area contributed by atoms with Crippen LogP contribution < -0.4 is 11.5 Å². The van der Waals surface area contributed by atoms with Gasteiger partial charge < -0.3 is 11.5 Å². The molecule has 7 heteroatoms. The van der Waals surface area contributed by atoms with E-state index in [-0.39, 0.29) is 0 Å². The molecular formula is C3H5N3O3S. The predicted octanol–water partition coefficient (Wildman–Crippen LogP) is -1.19. The monoisotopic (exact) mass is 163 g/mol. The van der Waals surface area contributed by atoms with E-state index in [2.05, 4.69) is 34.1 Å². The van der Waals surface area contributed by atoms with Crippen LogP contribution in [0.25, 0.3) is 0 Å². The Labute approximate surface area is 61.6 Å². The van der Waals surface area contributed by atoms with Crippen molar-refractivity contribution >= 4 is 29.7 Å². The zero-order valence-electron chi connectivity index (χ0n) is 4.77. The van der Waals surface area contributed by atoms with E-state index in [9.17, 15) is 9.59 Å². The zero-order chi connectivity index (χ0) is 8.15. The van der Waals surface area contributed by atoms with Crippen LogP contribution in [-0.2, 0) is 9.63 Å². The summed E-state index contributed by atoms with van der Waals surface area (Å²) in [6.07, 6.45) is -1.13. The molecule has 0 saturated heterocycles. The van der Waals surface area contributed by atoms with E-state index < -0.39 is 17.0 Å². The Balaban J connectivity index is 3.92. The molecule has 10 heavy (non-hydrogen) atoms. The van der Waals surface area contributed by atoms with Gasteiger partial charge in [-0.2, -0.15) is 0 Å². The topological polar surface area (TPSA) is 108 Å². The Morgan fingerprint density at radius 3 is 2.20 bits per heavy atom. The minimum absolute atomic E-state index is 0.418. The summed E-state index contributed by atoms with van der Waals surface area (Å²) in [4.78, 5) is 23.7. The first-order valence-electron chi connectivity index (χ1n) is 2.07. The fraction of sp³-hybridized carbons (Fsp3) is 0. The SMILES string of the molecule is NC(=O)ON=C(S)C(N)=O. The summed E-state index contributed by atoms with van der Waals surface area (Å²) in [5, 5.41) is 2.44. The first kappa shape index (κ1) is 8.76. The molecule has 0 unspecified atom stereocenters. The molecule has 0 aliphatic rings. The lowest BCUT2D eigenvalue weighted by molar-refractivity contribution is -0.111. The minimum atomic E-state index is -1.13. The first-order valence-corrected chi connectivity index (χ1v) is 2.52. The van der Waals surface area contributed by atoms with Crippen LogP contribution in [0.15, 0.2) is 5.16 Å². The molecular weight excluding hydrogens is 158 g/mol. The number of nitrogens with zero attached hydrogens (tertiary/aromatic N) is 1. The maximum atomic E-state index is 10.1. The highest BCUT2D eigenvalue weighted by molar-refractivity contribution is 7.99. The number of nitrogens with two attached hydrogens (primary N) is 2. The van der Waals surface area contributed by atoms with Crippen molar-refractivity contribution in [2.75, 3.05) is 0 Å². The number of primary amides is 2. The van der Waals surface area contributed by atoms with Crippen LogP contribution in [0.1, 0.15) is 0 Å². The van der Waals surface area contributed by atoms with Crippen LogP contribution >= 0.6 is 12.6 Å². The Morgan fingerprint density at radius 2 is 1.90 bits per heavy atom. The largest absolute Gasteiger partial charge is 0.430 e. The second-order valence-corrected chi connectivity index (χ2v) is 1.61. The molecule has 0 atom stereocenters. The van der Waals surface area contributed by atoms with Crippen molar-refractivity contribution in [3.05, 3.63) is 0 Å². The van der Waals surface area contributed by atoms with E-state index in [1.807, 2.05) is 0 Å². The third-order valence-corrected chi connectivity index (χ3v) is 0.745. The highest BCUT2D eigenvalue weighted by Crippen LogP contribution is 1.84. The standard InChI is InChI=1S/C3H5N3O3S/c4-1(7)2(10)6-9-3(5)8/h(H2,4,7)(H2,5,8)(H,6,10). The van der Waals surface area contributed by atoms with Crippen molar-refractivity contribution in [3.63, 3.8) is 0 Å². The number of amides is 2. The van der Waals surface area contributed by atoms with E-state index in [1.54, 1.807) is 0 Å². The van der Waals surface area contributed by atoms with E-state index in [4.69, 9.17) is 0 Å². The highest BCUT2D eigenvalue weighted by atomic mass is 32.1. The second kappa shape index (κ2) is 3.72. The normalized spacial score (nSPS) is 10.7. The molecule has 0 heterocycles. The number of carbonyl (C=O) groups excluding carboxylic acids is 2. The van der Waals surface area contributed by atoms with Crippen molar-refractivity contribution < 1.29 is 14.4 Å². The number of thiol groups is 1. The average molecular weight is 163 g/mol. The summed E-state index contributed by atoms with van der Waals surface area (Å²) in [7, 11) is 0. The Morgan fingerprint density at radius 1 is 1.40 bits per heavy atom. The van der Waals surface area contributed by atoms with Gasteiger partial charge in [-0.25, -0.2) is 4.79 Å². The molecule has 0 saturated carbocycles. The number of oxime groups is 1. The van der Waals surface area contributed by atoms with Gasteiger partial charge in [-0.05, 0) is 0 Å². The van der Waals surface area contributed by atoms with Crippen molar-refractivity contribution in [3.8, 4) is 0 Å². The third-order valence-electron chi connectivity index (χ3n) is 0.442. The third kappa shape index (κ3) is 3.72. The van der Waals surface area contributed by atoms with Crippen LogP contribution in [-0.4, -0.2) is 17.0 Å². The molecule has 2 amide bonds. The molecule has 0 radical (unpaired) electrons. The molecule has 0 aromatic carbocycles. The van der Waals surface area contributed by atoms with Crippen molar-refractivity contribution in [2.24, 2.45) is 16.6 Å². The van der Waals surface area contributed by atoms with Gasteiger partial charge in [0.1, 0.15) is 0 Å². The molecule has 56 valence electrons. The lowest BCUT2D eigenvalue weighted by Crippen LogP contribution is -2.20. The predicted molar refractivity (Wildman–Crippen MR) is 36.3 cm³/mol. The van der Waals surface area contributed by atoms with E-state index in [0.717, 1.165) is 0 Å². The lowest BCUT2D eigenvalue weighted by Gasteiger charge is -1.90. The van der Waals surface area contributed by atoms with Crippen molar-refractivity contribution in [2.45, 2.75) is 0 Å². The number of hydrogen-bond acceptors (Lipinski definition) is 4. The van der Waals surface area contributed by atoms with Crippen LogP contribution in [0.4, 0.5) is 4.79 Å². The van der Waals surface area contributed by atoms with Crippen molar-refractivity contribution in [1.82, 2.24) is 0 Å². The average Bonchev–Trinajstić information content (AvgIpc) is 1.82. The summed E-state index contributed by atoms with van der Waals surface area (Å²) in [6.45, 7) is 0. The smallest absolute Gasteiger partial charge is 0.364 e. The summed E-state index contributed by atoms with van der Waals surface area (Å²) in [5.74, 6) is -0.899. The lowest BCUT2D eigenvalue weighted by atomic mass is 10.7. The maximum Gasteiger partial charge on any atom is 0.430 e. The van der Waals surface area contributed by atoms with Gasteiger partial charge in [-0.15, -0.1) is 12.6 Å². The minimum Gasteiger partial charge on any atom is -0.364 e. The summed E-state index contributed by atoms with van der Waals surface area (Å²) in [6, 6.07) is 0. The molecule has 0 aromatic heterocycles. The Kier molecular flexibility index (Phi) is 3.26. The zero-order valence-corrected chi connectivity index (χ0v) is 5.67. The van der Waals surface area contributed by atoms with Gasteiger partial charge in [0.05, 0.1) is 0 Å². The second-order valence-electron chi connectivity index (χ2n) is 1.19. The Hall–Kier alpha value is -1.24. The van der Waals surface area contributed by atoms with Crippen LogP contribution in [0.3, 0.4) is 0 Å². The van der Waals surface area contributed by atoms with E-state index in [0.29, 0.717) is 0 Å². The number of carbonyl (C=O) groups is 2. The molecule has 0 bridgehead atoms. The van der Waals surface area contributed by atoms with Gasteiger partial charge >= 0.3 is 6.09 Å². The van der Waals surface area contributed by atoms with Gasteiger partial charge in [0.15, 0.2) is 5.04 Å². The van der Waals surface area contributed by atoms with Gasteiger partial charge in [0.2, 0.25) is 0 Å². The summed E-state index contributed by atoms with van der Waals surface area (Å²) < 4.78 is 0. The molecule has 0 rings (SSSR count). The summed E-state index contributed by atoms with van der Waals surface area (Å²) in [5.41, 5.74) is 9.13. The van der Waals surface area contributed by atoms with E-state index in [1.165, 1.54) is 0 Å².